The molecule has 142 valence electrons. The van der Waals surface area contributed by atoms with Crippen molar-refractivity contribution >= 4 is 11.8 Å². The summed E-state index contributed by atoms with van der Waals surface area (Å²) in [6, 6.07) is 17.2. The fourth-order valence-electron chi connectivity index (χ4n) is 3.64. The Morgan fingerprint density at radius 3 is 2.30 bits per heavy atom. The van der Waals surface area contributed by atoms with Crippen LogP contribution in [0.1, 0.15) is 64.8 Å². The lowest BCUT2D eigenvalue weighted by atomic mass is 10.1. The molecule has 1 fully saturated rings. The zero-order chi connectivity index (χ0) is 19.1. The molecule has 2 aromatic carbocycles. The molecule has 0 atom stereocenters. The highest BCUT2D eigenvalue weighted by Gasteiger charge is 2.18. The fourth-order valence-corrected chi connectivity index (χ4v) is 3.64. The molecule has 1 N–H and O–H groups in total. The molecule has 1 saturated carbocycles. The highest BCUT2D eigenvalue weighted by Crippen LogP contribution is 2.18. The van der Waals surface area contributed by atoms with E-state index in [-0.39, 0.29) is 17.9 Å². The van der Waals surface area contributed by atoms with E-state index in [0.717, 1.165) is 18.4 Å². The van der Waals surface area contributed by atoms with Gasteiger partial charge in [-0.1, -0.05) is 62.1 Å². The Morgan fingerprint density at radius 1 is 0.926 bits per heavy atom. The lowest BCUT2D eigenvalue weighted by Gasteiger charge is -2.19. The lowest BCUT2D eigenvalue weighted by molar-refractivity contribution is 0.0785. The van der Waals surface area contributed by atoms with Crippen LogP contribution in [0.5, 0.6) is 0 Å². The fraction of sp³-hybridized carbons (Fsp3) is 0.391. The van der Waals surface area contributed by atoms with Gasteiger partial charge in [0.25, 0.3) is 11.8 Å². The van der Waals surface area contributed by atoms with Gasteiger partial charge in [0.15, 0.2) is 0 Å². The van der Waals surface area contributed by atoms with Crippen LogP contribution in [-0.2, 0) is 6.54 Å². The zero-order valence-electron chi connectivity index (χ0n) is 16.0. The SMILES string of the molecule is CN(Cc1ccccc1)C(=O)c1cccc(C(=O)NC2CCCCCC2)c1. The van der Waals surface area contributed by atoms with Crippen LogP contribution < -0.4 is 5.32 Å². The van der Waals surface area contributed by atoms with Crippen LogP contribution in [0.3, 0.4) is 0 Å². The maximum absolute atomic E-state index is 12.8. The molecule has 2 aromatic rings. The van der Waals surface area contributed by atoms with Crippen LogP contribution in [-0.4, -0.2) is 29.8 Å². The van der Waals surface area contributed by atoms with Crippen molar-refractivity contribution in [1.82, 2.24) is 10.2 Å². The van der Waals surface area contributed by atoms with Crippen LogP contribution >= 0.6 is 0 Å². The monoisotopic (exact) mass is 364 g/mol. The van der Waals surface area contributed by atoms with Crippen molar-refractivity contribution in [3.63, 3.8) is 0 Å². The molecule has 3 rings (SSSR count). The van der Waals surface area contributed by atoms with Crippen molar-refractivity contribution in [3.05, 3.63) is 71.3 Å². The molecule has 0 bridgehead atoms. The van der Waals surface area contributed by atoms with E-state index in [9.17, 15) is 9.59 Å². The maximum Gasteiger partial charge on any atom is 0.253 e. The molecular formula is C23H28N2O2. The number of nitrogens with zero attached hydrogens (tertiary/aromatic N) is 1. The Morgan fingerprint density at radius 2 is 1.59 bits per heavy atom. The minimum absolute atomic E-state index is 0.0806. The average molecular weight is 364 g/mol. The van der Waals surface area contributed by atoms with E-state index in [4.69, 9.17) is 0 Å². The third-order valence-corrected chi connectivity index (χ3v) is 5.17. The normalized spacial score (nSPS) is 15.0. The number of amides is 2. The van der Waals surface area contributed by atoms with Gasteiger partial charge in [-0.3, -0.25) is 9.59 Å². The van der Waals surface area contributed by atoms with E-state index in [2.05, 4.69) is 5.32 Å². The first-order valence-electron chi connectivity index (χ1n) is 9.84. The second-order valence-corrected chi connectivity index (χ2v) is 7.39. The van der Waals surface area contributed by atoms with E-state index in [1.54, 1.807) is 36.2 Å². The van der Waals surface area contributed by atoms with E-state index >= 15 is 0 Å². The quantitative estimate of drug-likeness (QED) is 0.799. The summed E-state index contributed by atoms with van der Waals surface area (Å²) >= 11 is 0. The van der Waals surface area contributed by atoms with Gasteiger partial charge in [0.05, 0.1) is 0 Å². The van der Waals surface area contributed by atoms with Gasteiger partial charge in [0.1, 0.15) is 0 Å². The molecule has 27 heavy (non-hydrogen) atoms. The number of hydrogen-bond acceptors (Lipinski definition) is 2. The molecular weight excluding hydrogens is 336 g/mol. The third-order valence-electron chi connectivity index (χ3n) is 5.17. The number of hydrogen-bond donors (Lipinski definition) is 1. The summed E-state index contributed by atoms with van der Waals surface area (Å²) in [4.78, 5) is 27.1. The van der Waals surface area contributed by atoms with Gasteiger partial charge >= 0.3 is 0 Å². The summed E-state index contributed by atoms with van der Waals surface area (Å²) in [5.41, 5.74) is 2.18. The molecule has 0 aromatic heterocycles. The van der Waals surface area contributed by atoms with E-state index in [1.165, 1.54) is 25.7 Å². The number of benzene rings is 2. The van der Waals surface area contributed by atoms with Gasteiger partial charge in [0.2, 0.25) is 0 Å². The van der Waals surface area contributed by atoms with Crippen molar-refractivity contribution < 1.29 is 9.59 Å². The summed E-state index contributed by atoms with van der Waals surface area (Å²) in [5.74, 6) is -0.162. The smallest absolute Gasteiger partial charge is 0.253 e. The maximum atomic E-state index is 12.8. The molecule has 4 nitrogen and oxygen atoms in total. The second-order valence-electron chi connectivity index (χ2n) is 7.39. The Hall–Kier alpha value is -2.62. The molecule has 0 saturated heterocycles. The minimum atomic E-state index is -0.0812. The molecule has 1 aliphatic carbocycles. The van der Waals surface area contributed by atoms with Gasteiger partial charge in [0, 0.05) is 30.8 Å². The molecule has 2 amide bonds. The van der Waals surface area contributed by atoms with E-state index in [0.29, 0.717) is 17.7 Å². The highest BCUT2D eigenvalue weighted by atomic mass is 16.2. The molecule has 4 heteroatoms. The zero-order valence-corrected chi connectivity index (χ0v) is 16.0. The van der Waals surface area contributed by atoms with Crippen LogP contribution in [0.2, 0.25) is 0 Å². The van der Waals surface area contributed by atoms with Crippen molar-refractivity contribution in [2.24, 2.45) is 0 Å². The summed E-state index contributed by atoms with van der Waals surface area (Å²) in [6.45, 7) is 0.540. The number of rotatable bonds is 5. The van der Waals surface area contributed by atoms with E-state index < -0.39 is 0 Å². The first-order valence-corrected chi connectivity index (χ1v) is 9.84. The summed E-state index contributed by atoms with van der Waals surface area (Å²) in [6.07, 6.45) is 6.95. The topological polar surface area (TPSA) is 49.4 Å². The number of nitrogens with one attached hydrogen (secondary N) is 1. The molecule has 0 spiro atoms. The first kappa shape index (κ1) is 19.2. The second kappa shape index (κ2) is 9.36. The van der Waals surface area contributed by atoms with Crippen LogP contribution in [0.15, 0.2) is 54.6 Å². The van der Waals surface area contributed by atoms with Gasteiger partial charge in [-0.25, -0.2) is 0 Å². The van der Waals surface area contributed by atoms with Gasteiger partial charge < -0.3 is 10.2 Å². The average Bonchev–Trinajstić information content (AvgIpc) is 2.97. The Balaban J connectivity index is 1.65. The van der Waals surface area contributed by atoms with Crippen LogP contribution in [0.4, 0.5) is 0 Å². The van der Waals surface area contributed by atoms with Gasteiger partial charge in [-0.2, -0.15) is 0 Å². The minimum Gasteiger partial charge on any atom is -0.349 e. The molecule has 0 heterocycles. The molecule has 0 radical (unpaired) electrons. The summed E-state index contributed by atoms with van der Waals surface area (Å²) < 4.78 is 0. The number of carbonyl (C=O) groups excluding carboxylic acids is 2. The lowest BCUT2D eigenvalue weighted by Crippen LogP contribution is -2.34. The molecule has 0 unspecified atom stereocenters. The Bertz CT molecular complexity index is 765. The van der Waals surface area contributed by atoms with Crippen molar-refractivity contribution in [1.29, 1.82) is 0 Å². The highest BCUT2D eigenvalue weighted by molar-refractivity contribution is 5.99. The predicted molar refractivity (Wildman–Crippen MR) is 108 cm³/mol. The van der Waals surface area contributed by atoms with Crippen LogP contribution in [0.25, 0.3) is 0 Å². The third kappa shape index (κ3) is 5.43. The summed E-state index contributed by atoms with van der Waals surface area (Å²) in [7, 11) is 1.79. The van der Waals surface area contributed by atoms with Crippen molar-refractivity contribution in [3.8, 4) is 0 Å². The van der Waals surface area contributed by atoms with Gasteiger partial charge in [-0.05, 0) is 36.6 Å². The Labute approximate surface area is 161 Å². The number of carbonyl (C=O) groups is 2. The first-order chi connectivity index (χ1) is 13.1. The summed E-state index contributed by atoms with van der Waals surface area (Å²) in [5, 5.41) is 3.15. The van der Waals surface area contributed by atoms with Crippen molar-refractivity contribution in [2.45, 2.75) is 51.1 Å². The van der Waals surface area contributed by atoms with Gasteiger partial charge in [-0.15, -0.1) is 0 Å². The van der Waals surface area contributed by atoms with Crippen LogP contribution in [0, 0.1) is 0 Å². The van der Waals surface area contributed by atoms with Crippen molar-refractivity contribution in [2.75, 3.05) is 7.05 Å². The standard InChI is InChI=1S/C23H28N2O2/c1-25(17-18-10-5-4-6-11-18)23(27)20-13-9-12-19(16-20)22(26)24-21-14-7-2-3-8-15-21/h4-6,9-13,16,21H,2-3,7-8,14-15,17H2,1H3,(H,24,26). The van der Waals surface area contributed by atoms with E-state index in [1.807, 2.05) is 30.3 Å². The Kier molecular flexibility index (Phi) is 6.64. The molecule has 0 aliphatic heterocycles. The molecule has 1 aliphatic rings. The largest absolute Gasteiger partial charge is 0.349 e. The predicted octanol–water partition coefficient (Wildman–Crippen LogP) is 4.41.